The van der Waals surface area contributed by atoms with Crippen molar-refractivity contribution >= 4 is 16.9 Å². The highest BCUT2D eigenvalue weighted by Gasteiger charge is 2.29. The summed E-state index contributed by atoms with van der Waals surface area (Å²) in [4.78, 5) is 21.9. The fourth-order valence-corrected chi connectivity index (χ4v) is 3.38. The van der Waals surface area contributed by atoms with Crippen LogP contribution < -0.4 is 10.1 Å². The van der Waals surface area contributed by atoms with E-state index in [9.17, 15) is 10.1 Å². The maximum absolute atomic E-state index is 12.8. The highest BCUT2D eigenvalue weighted by molar-refractivity contribution is 5.87. The Hall–Kier alpha value is -2.68. The molecule has 0 unspecified atom stereocenters. The van der Waals surface area contributed by atoms with Crippen molar-refractivity contribution < 1.29 is 9.53 Å². The molecule has 6 heteroatoms. The summed E-state index contributed by atoms with van der Waals surface area (Å²) in [6.07, 6.45) is 7.23. The van der Waals surface area contributed by atoms with Gasteiger partial charge >= 0.3 is 0 Å². The molecule has 1 aromatic heterocycles. The largest absolute Gasteiger partial charge is 0.476 e. The summed E-state index contributed by atoms with van der Waals surface area (Å²) >= 11 is 0. The normalized spacial score (nSPS) is 15.9. The van der Waals surface area contributed by atoms with Crippen molar-refractivity contribution in [2.75, 3.05) is 6.61 Å². The van der Waals surface area contributed by atoms with Crippen LogP contribution in [-0.4, -0.2) is 28.5 Å². The summed E-state index contributed by atoms with van der Waals surface area (Å²) in [5.74, 6) is -1.05. The molecule has 1 fully saturated rings. The summed E-state index contributed by atoms with van der Waals surface area (Å²) in [7, 11) is 0. The quantitative estimate of drug-likeness (QED) is 0.752. The van der Waals surface area contributed by atoms with Crippen LogP contribution >= 0.6 is 0 Å². The van der Waals surface area contributed by atoms with Gasteiger partial charge in [0.2, 0.25) is 11.8 Å². The van der Waals surface area contributed by atoms with E-state index in [4.69, 9.17) is 4.74 Å². The molecule has 0 aliphatic heterocycles. The third-order valence-electron chi connectivity index (χ3n) is 4.92. The molecule has 3 rings (SSSR count). The van der Waals surface area contributed by atoms with Crippen LogP contribution in [0, 0.1) is 11.3 Å². The second kappa shape index (κ2) is 9.31. The van der Waals surface area contributed by atoms with Crippen molar-refractivity contribution in [1.29, 1.82) is 5.26 Å². The monoisotopic (exact) mass is 366 g/mol. The van der Waals surface area contributed by atoms with Crippen molar-refractivity contribution in [2.24, 2.45) is 0 Å². The molecule has 1 atom stereocenters. The second-order valence-corrected chi connectivity index (χ2v) is 7.01. The molecule has 0 radical (unpaired) electrons. The summed E-state index contributed by atoms with van der Waals surface area (Å²) in [6, 6.07) is 9.67. The summed E-state index contributed by atoms with van der Waals surface area (Å²) in [6.45, 7) is 2.56. The average Bonchev–Trinajstić information content (AvgIpc) is 2.69. The number of nitriles is 1. The van der Waals surface area contributed by atoms with Gasteiger partial charge in [0.05, 0.1) is 23.7 Å². The van der Waals surface area contributed by atoms with Gasteiger partial charge in [-0.3, -0.25) is 4.79 Å². The molecule has 0 bridgehead atoms. The molecule has 27 heavy (non-hydrogen) atoms. The molecule has 1 heterocycles. The number of carbonyl (C=O) groups is 1. The number of hydrogen-bond donors (Lipinski definition) is 1. The van der Waals surface area contributed by atoms with E-state index in [-0.39, 0.29) is 17.8 Å². The molecule has 1 saturated carbocycles. The van der Waals surface area contributed by atoms with Crippen LogP contribution in [0.1, 0.15) is 63.5 Å². The van der Waals surface area contributed by atoms with E-state index in [0.29, 0.717) is 23.3 Å². The van der Waals surface area contributed by atoms with Gasteiger partial charge in [0.15, 0.2) is 5.92 Å². The topological polar surface area (TPSA) is 87.9 Å². The van der Waals surface area contributed by atoms with E-state index < -0.39 is 5.92 Å². The number of rotatable bonds is 7. The lowest BCUT2D eigenvalue weighted by molar-refractivity contribution is -0.122. The molecule has 2 aromatic rings. The molecular weight excluding hydrogens is 340 g/mol. The Morgan fingerprint density at radius 2 is 1.96 bits per heavy atom. The van der Waals surface area contributed by atoms with Crippen molar-refractivity contribution in [2.45, 2.75) is 63.8 Å². The minimum absolute atomic E-state index is 0.139. The standard InChI is InChI=1S/C21H26N4O2/c1-2-3-13-27-21-19(24-17-11-7-8-12-18(17)25-21)16(14-22)20(26)23-15-9-5-4-6-10-15/h7-8,11-12,15-16H,2-6,9-10,13H2,1H3,(H,23,26)/t16-/m0/s1. The predicted molar refractivity (Wildman–Crippen MR) is 103 cm³/mol. The lowest BCUT2D eigenvalue weighted by Gasteiger charge is -2.24. The lowest BCUT2D eigenvalue weighted by atomic mass is 9.94. The fraction of sp³-hybridized carbons (Fsp3) is 0.524. The zero-order chi connectivity index (χ0) is 19.1. The Morgan fingerprint density at radius 1 is 1.26 bits per heavy atom. The zero-order valence-electron chi connectivity index (χ0n) is 15.8. The molecule has 6 nitrogen and oxygen atoms in total. The molecule has 1 aliphatic rings. The first kappa shape index (κ1) is 19.1. The summed E-state index contributed by atoms with van der Waals surface area (Å²) < 4.78 is 5.80. The summed E-state index contributed by atoms with van der Waals surface area (Å²) in [5, 5.41) is 12.7. The molecular formula is C21H26N4O2. The molecule has 1 N–H and O–H groups in total. The maximum atomic E-state index is 12.8. The van der Waals surface area contributed by atoms with Crippen LogP contribution in [0.3, 0.4) is 0 Å². The zero-order valence-corrected chi connectivity index (χ0v) is 15.8. The first-order valence-corrected chi connectivity index (χ1v) is 9.82. The Bertz CT molecular complexity index is 825. The van der Waals surface area contributed by atoms with E-state index in [1.165, 1.54) is 6.42 Å². The number of hydrogen-bond acceptors (Lipinski definition) is 5. The van der Waals surface area contributed by atoms with Gasteiger partial charge in [-0.1, -0.05) is 44.7 Å². The Balaban J connectivity index is 1.89. The number of ether oxygens (including phenoxy) is 1. The highest BCUT2D eigenvalue weighted by Crippen LogP contribution is 2.27. The third kappa shape index (κ3) is 4.73. The lowest BCUT2D eigenvalue weighted by Crippen LogP contribution is -2.39. The van der Waals surface area contributed by atoms with Gasteiger partial charge in [-0.25, -0.2) is 9.97 Å². The van der Waals surface area contributed by atoms with Gasteiger partial charge in [0.25, 0.3) is 0 Å². The van der Waals surface area contributed by atoms with E-state index in [0.717, 1.165) is 38.5 Å². The first-order chi connectivity index (χ1) is 13.2. The SMILES string of the molecule is CCCCOc1nc2ccccc2nc1[C@H](C#N)C(=O)NC1CCCCC1. The fourth-order valence-electron chi connectivity index (χ4n) is 3.38. The minimum Gasteiger partial charge on any atom is -0.476 e. The number of fused-ring (bicyclic) bond motifs is 1. The van der Waals surface area contributed by atoms with Crippen LogP contribution in [0.2, 0.25) is 0 Å². The van der Waals surface area contributed by atoms with Crippen molar-refractivity contribution in [3.05, 3.63) is 30.0 Å². The Kier molecular flexibility index (Phi) is 6.59. The number of carbonyl (C=O) groups excluding carboxylic acids is 1. The molecule has 1 aliphatic carbocycles. The number of benzene rings is 1. The smallest absolute Gasteiger partial charge is 0.243 e. The average molecular weight is 366 g/mol. The number of amides is 1. The van der Waals surface area contributed by atoms with Crippen molar-refractivity contribution in [3.63, 3.8) is 0 Å². The first-order valence-electron chi connectivity index (χ1n) is 9.82. The van der Waals surface area contributed by atoms with Gasteiger partial charge in [-0.05, 0) is 31.4 Å². The van der Waals surface area contributed by atoms with Crippen LogP contribution in [0.25, 0.3) is 11.0 Å². The molecule has 142 valence electrons. The van der Waals surface area contributed by atoms with E-state index in [1.54, 1.807) is 0 Å². The molecule has 0 spiro atoms. The third-order valence-corrected chi connectivity index (χ3v) is 4.92. The number of aromatic nitrogens is 2. The number of nitrogens with one attached hydrogen (secondary N) is 1. The van der Waals surface area contributed by atoms with Gasteiger partial charge in [-0.2, -0.15) is 5.26 Å². The Labute approximate surface area is 160 Å². The van der Waals surface area contributed by atoms with Crippen LogP contribution in [0.15, 0.2) is 24.3 Å². The maximum Gasteiger partial charge on any atom is 0.243 e. The van der Waals surface area contributed by atoms with E-state index >= 15 is 0 Å². The van der Waals surface area contributed by atoms with Crippen LogP contribution in [-0.2, 0) is 4.79 Å². The van der Waals surface area contributed by atoms with Gasteiger partial charge in [0.1, 0.15) is 5.69 Å². The molecule has 0 saturated heterocycles. The van der Waals surface area contributed by atoms with Gasteiger partial charge in [-0.15, -0.1) is 0 Å². The van der Waals surface area contributed by atoms with Gasteiger partial charge in [0, 0.05) is 6.04 Å². The van der Waals surface area contributed by atoms with Crippen LogP contribution in [0.5, 0.6) is 5.88 Å². The molecule has 1 amide bonds. The summed E-state index contributed by atoms with van der Waals surface area (Å²) in [5.41, 5.74) is 1.65. The number of unbranched alkanes of at least 4 members (excludes halogenated alkanes) is 1. The number of nitrogens with zero attached hydrogens (tertiary/aromatic N) is 3. The van der Waals surface area contributed by atoms with E-state index in [1.807, 2.05) is 24.3 Å². The second-order valence-electron chi connectivity index (χ2n) is 7.01. The minimum atomic E-state index is -1.03. The predicted octanol–water partition coefficient (Wildman–Crippen LogP) is 3.86. The Morgan fingerprint density at radius 3 is 2.63 bits per heavy atom. The van der Waals surface area contributed by atoms with Gasteiger partial charge < -0.3 is 10.1 Å². The molecule has 1 aromatic carbocycles. The van der Waals surface area contributed by atoms with Crippen molar-refractivity contribution in [3.8, 4) is 11.9 Å². The van der Waals surface area contributed by atoms with E-state index in [2.05, 4.69) is 28.3 Å². The highest BCUT2D eigenvalue weighted by atomic mass is 16.5. The van der Waals surface area contributed by atoms with Crippen LogP contribution in [0.4, 0.5) is 0 Å². The van der Waals surface area contributed by atoms with Crippen molar-refractivity contribution in [1.82, 2.24) is 15.3 Å². The number of para-hydroxylation sites is 2.